The van der Waals surface area contributed by atoms with E-state index in [0.29, 0.717) is 34.8 Å². The predicted octanol–water partition coefficient (Wildman–Crippen LogP) is 6.94. The van der Waals surface area contributed by atoms with Crippen molar-refractivity contribution >= 4 is 28.4 Å². The zero-order valence-corrected chi connectivity index (χ0v) is 22.5. The minimum Gasteiger partial charge on any atom is -0.358 e. The quantitative estimate of drug-likeness (QED) is 0.242. The van der Waals surface area contributed by atoms with Crippen LogP contribution in [0.15, 0.2) is 78.9 Å². The van der Waals surface area contributed by atoms with Gasteiger partial charge in [-0.25, -0.2) is 4.68 Å². The summed E-state index contributed by atoms with van der Waals surface area (Å²) in [5.41, 5.74) is 6.64. The van der Waals surface area contributed by atoms with E-state index in [0.717, 1.165) is 17.7 Å². The largest absolute Gasteiger partial charge is 0.358 e. The standard InChI is InChI=1S/C31H30ClN5O/c1-19-26(23-11-7-8-12-25(23)34-19)27-24(31(27,2)3)17-18-33-30(38)28-29(20-9-5-4-6-10-20)37(36-35-28)22-15-13-21(32)14-16-22/h4-16,24,27,34H,17-18H2,1-3H3,(H,33,38)/t24-,27+/m0/s1. The lowest BCUT2D eigenvalue weighted by Crippen LogP contribution is -2.26. The number of para-hydroxylation sites is 1. The van der Waals surface area contributed by atoms with E-state index in [4.69, 9.17) is 11.6 Å². The summed E-state index contributed by atoms with van der Waals surface area (Å²) >= 11 is 6.09. The van der Waals surface area contributed by atoms with E-state index in [2.05, 4.69) is 65.6 Å². The molecule has 192 valence electrons. The Bertz CT molecular complexity index is 1620. The highest BCUT2D eigenvalue weighted by atomic mass is 35.5. The van der Waals surface area contributed by atoms with Gasteiger partial charge in [0.25, 0.3) is 5.91 Å². The average molecular weight is 524 g/mol. The summed E-state index contributed by atoms with van der Waals surface area (Å²) in [5, 5.41) is 13.7. The smallest absolute Gasteiger partial charge is 0.274 e. The van der Waals surface area contributed by atoms with Gasteiger partial charge in [0, 0.05) is 33.7 Å². The van der Waals surface area contributed by atoms with Crippen molar-refractivity contribution in [2.45, 2.75) is 33.1 Å². The molecule has 3 aromatic carbocycles. The molecule has 1 saturated carbocycles. The Morgan fingerprint density at radius 2 is 1.74 bits per heavy atom. The summed E-state index contributed by atoms with van der Waals surface area (Å²) in [6.45, 7) is 7.40. The lowest BCUT2D eigenvalue weighted by atomic mass is 10.0. The van der Waals surface area contributed by atoms with Crippen LogP contribution in [0.1, 0.15) is 47.9 Å². The van der Waals surface area contributed by atoms with E-state index < -0.39 is 0 Å². The zero-order valence-electron chi connectivity index (χ0n) is 21.7. The number of fused-ring (bicyclic) bond motifs is 1. The molecule has 7 heteroatoms. The lowest BCUT2D eigenvalue weighted by Gasteiger charge is -2.09. The number of H-pyrrole nitrogens is 1. The summed E-state index contributed by atoms with van der Waals surface area (Å²) in [5.74, 6) is 0.725. The molecule has 0 spiro atoms. The molecule has 2 heterocycles. The van der Waals surface area contributed by atoms with E-state index in [-0.39, 0.29) is 11.3 Å². The second-order valence-electron chi connectivity index (χ2n) is 10.7. The highest BCUT2D eigenvalue weighted by molar-refractivity contribution is 6.30. The maximum Gasteiger partial charge on any atom is 0.274 e. The summed E-state index contributed by atoms with van der Waals surface area (Å²) in [7, 11) is 0. The molecule has 0 radical (unpaired) electrons. The molecule has 1 fully saturated rings. The van der Waals surface area contributed by atoms with Gasteiger partial charge in [-0.15, -0.1) is 5.10 Å². The number of rotatable bonds is 7. The highest BCUT2D eigenvalue weighted by Gasteiger charge is 2.58. The number of aromatic amines is 1. The predicted molar refractivity (Wildman–Crippen MR) is 152 cm³/mol. The molecule has 1 aliphatic rings. The van der Waals surface area contributed by atoms with E-state index in [1.165, 1.54) is 22.2 Å². The molecule has 0 saturated heterocycles. The number of nitrogens with one attached hydrogen (secondary N) is 2. The van der Waals surface area contributed by atoms with Gasteiger partial charge in [0.15, 0.2) is 5.69 Å². The molecular weight excluding hydrogens is 494 g/mol. The molecule has 1 amide bonds. The third-order valence-corrected chi connectivity index (χ3v) is 8.30. The maximum atomic E-state index is 13.4. The Balaban J connectivity index is 1.21. The molecule has 0 bridgehead atoms. The van der Waals surface area contributed by atoms with Crippen LogP contribution < -0.4 is 5.32 Å². The van der Waals surface area contributed by atoms with Gasteiger partial charge in [-0.2, -0.15) is 0 Å². The van der Waals surface area contributed by atoms with Gasteiger partial charge < -0.3 is 10.3 Å². The first kappa shape index (κ1) is 24.4. The van der Waals surface area contributed by atoms with Crippen LogP contribution in [0.3, 0.4) is 0 Å². The first-order valence-electron chi connectivity index (χ1n) is 13.0. The number of nitrogens with zero attached hydrogens (tertiary/aromatic N) is 3. The highest BCUT2D eigenvalue weighted by Crippen LogP contribution is 2.67. The van der Waals surface area contributed by atoms with Crippen molar-refractivity contribution in [1.82, 2.24) is 25.3 Å². The van der Waals surface area contributed by atoms with Crippen LogP contribution >= 0.6 is 11.6 Å². The van der Waals surface area contributed by atoms with Crippen LogP contribution in [0.5, 0.6) is 0 Å². The monoisotopic (exact) mass is 523 g/mol. The number of hydrogen-bond acceptors (Lipinski definition) is 3. The van der Waals surface area contributed by atoms with Gasteiger partial charge in [-0.05, 0) is 66.5 Å². The van der Waals surface area contributed by atoms with Crippen molar-refractivity contribution in [2.75, 3.05) is 6.54 Å². The third kappa shape index (κ3) is 4.19. The molecule has 2 aromatic heterocycles. The van der Waals surface area contributed by atoms with Crippen molar-refractivity contribution < 1.29 is 4.79 Å². The Labute approximate surface area is 227 Å². The SMILES string of the molecule is Cc1[nH]c2ccccc2c1[C@H]1[C@H](CCNC(=O)c2nnn(-c3ccc(Cl)cc3)c2-c2ccccc2)C1(C)C. The van der Waals surface area contributed by atoms with Crippen LogP contribution in [-0.4, -0.2) is 32.4 Å². The van der Waals surface area contributed by atoms with Gasteiger partial charge in [-0.3, -0.25) is 4.79 Å². The fourth-order valence-electron chi connectivity index (χ4n) is 6.03. The fourth-order valence-corrected chi connectivity index (χ4v) is 6.16. The normalized spacial score (nSPS) is 18.0. The first-order chi connectivity index (χ1) is 18.4. The second kappa shape index (κ2) is 9.44. The van der Waals surface area contributed by atoms with E-state index in [1.807, 2.05) is 42.5 Å². The van der Waals surface area contributed by atoms with Crippen LogP contribution in [0, 0.1) is 18.3 Å². The van der Waals surface area contributed by atoms with Crippen LogP contribution in [0.2, 0.25) is 5.02 Å². The number of carbonyl (C=O) groups is 1. The molecule has 38 heavy (non-hydrogen) atoms. The lowest BCUT2D eigenvalue weighted by molar-refractivity contribution is 0.0947. The van der Waals surface area contributed by atoms with Crippen LogP contribution in [-0.2, 0) is 0 Å². The van der Waals surface area contributed by atoms with E-state index in [9.17, 15) is 4.79 Å². The molecule has 0 unspecified atom stereocenters. The summed E-state index contributed by atoms with van der Waals surface area (Å²) < 4.78 is 1.69. The molecule has 0 aliphatic heterocycles. The van der Waals surface area contributed by atoms with Crippen molar-refractivity contribution in [2.24, 2.45) is 11.3 Å². The molecule has 6 rings (SSSR count). The Kier molecular flexibility index (Phi) is 6.07. The molecule has 1 aliphatic carbocycles. The number of amides is 1. The molecule has 2 atom stereocenters. The Morgan fingerprint density at radius 3 is 2.50 bits per heavy atom. The van der Waals surface area contributed by atoms with E-state index in [1.54, 1.807) is 16.8 Å². The van der Waals surface area contributed by atoms with Crippen molar-refractivity contribution in [3.63, 3.8) is 0 Å². The van der Waals surface area contributed by atoms with Gasteiger partial charge in [0.05, 0.1) is 5.69 Å². The second-order valence-corrected chi connectivity index (χ2v) is 11.1. The van der Waals surface area contributed by atoms with Gasteiger partial charge >= 0.3 is 0 Å². The van der Waals surface area contributed by atoms with Crippen LogP contribution in [0.25, 0.3) is 27.8 Å². The number of hydrogen-bond donors (Lipinski definition) is 2. The fraction of sp³-hybridized carbons (Fsp3) is 0.258. The molecule has 2 N–H and O–H groups in total. The molecular formula is C31H30ClN5O. The summed E-state index contributed by atoms with van der Waals surface area (Å²) in [4.78, 5) is 16.9. The molecule has 6 nitrogen and oxygen atoms in total. The summed E-state index contributed by atoms with van der Waals surface area (Å²) in [6, 6.07) is 25.6. The molecule has 5 aromatic rings. The Hall–Kier alpha value is -3.90. The summed E-state index contributed by atoms with van der Waals surface area (Å²) in [6.07, 6.45) is 0.897. The number of aryl methyl sites for hydroxylation is 1. The minimum absolute atomic E-state index is 0.174. The zero-order chi connectivity index (χ0) is 26.4. The average Bonchev–Trinajstić information content (AvgIpc) is 3.23. The number of halogens is 1. The minimum atomic E-state index is -0.220. The third-order valence-electron chi connectivity index (χ3n) is 8.05. The van der Waals surface area contributed by atoms with E-state index >= 15 is 0 Å². The topological polar surface area (TPSA) is 75.6 Å². The van der Waals surface area contributed by atoms with Gasteiger partial charge in [0.1, 0.15) is 5.69 Å². The number of carbonyl (C=O) groups excluding carboxylic acids is 1. The van der Waals surface area contributed by atoms with Gasteiger partial charge in [0.2, 0.25) is 0 Å². The first-order valence-corrected chi connectivity index (χ1v) is 13.4. The van der Waals surface area contributed by atoms with Crippen LogP contribution in [0.4, 0.5) is 0 Å². The van der Waals surface area contributed by atoms with Crippen molar-refractivity contribution in [3.05, 3.63) is 101 Å². The number of aromatic nitrogens is 4. The maximum absolute atomic E-state index is 13.4. The Morgan fingerprint density at radius 1 is 1.03 bits per heavy atom. The number of benzene rings is 3. The van der Waals surface area contributed by atoms with Gasteiger partial charge in [-0.1, -0.05) is 79.2 Å². The van der Waals surface area contributed by atoms with Crippen molar-refractivity contribution in [3.8, 4) is 16.9 Å². The van der Waals surface area contributed by atoms with Crippen molar-refractivity contribution in [1.29, 1.82) is 0 Å².